The summed E-state index contributed by atoms with van der Waals surface area (Å²) in [5, 5.41) is 12.4. The summed E-state index contributed by atoms with van der Waals surface area (Å²) in [6.07, 6.45) is 0.411. The lowest BCUT2D eigenvalue weighted by molar-refractivity contribution is 0.102. The van der Waals surface area contributed by atoms with Gasteiger partial charge in [0.25, 0.3) is 5.91 Å². The Bertz CT molecular complexity index is 588. The summed E-state index contributed by atoms with van der Waals surface area (Å²) >= 11 is 0. The van der Waals surface area contributed by atoms with Crippen molar-refractivity contribution in [3.8, 4) is 0 Å². The van der Waals surface area contributed by atoms with Crippen molar-refractivity contribution in [1.82, 2.24) is 0 Å². The van der Waals surface area contributed by atoms with Gasteiger partial charge < -0.3 is 10.4 Å². The van der Waals surface area contributed by atoms with Gasteiger partial charge in [-0.05, 0) is 48.7 Å². The molecule has 0 aliphatic heterocycles. The number of carbonyl (C=O) groups is 1. The zero-order valence-corrected chi connectivity index (χ0v) is 11.8. The highest BCUT2D eigenvalue weighted by molar-refractivity contribution is 6.04. The van der Waals surface area contributed by atoms with Crippen LogP contribution in [0.25, 0.3) is 0 Å². The molecule has 2 aromatic rings. The fraction of sp³-hybridized carbons (Fsp3) is 0.235. The van der Waals surface area contributed by atoms with Gasteiger partial charge in [-0.25, -0.2) is 0 Å². The highest BCUT2D eigenvalue weighted by Gasteiger charge is 2.07. The fourth-order valence-corrected chi connectivity index (χ4v) is 1.97. The molecule has 20 heavy (non-hydrogen) atoms. The quantitative estimate of drug-likeness (QED) is 0.891. The van der Waals surface area contributed by atoms with Crippen molar-refractivity contribution < 1.29 is 9.90 Å². The van der Waals surface area contributed by atoms with Crippen LogP contribution in [0.5, 0.6) is 0 Å². The van der Waals surface area contributed by atoms with Crippen molar-refractivity contribution in [2.24, 2.45) is 0 Å². The van der Waals surface area contributed by atoms with Gasteiger partial charge in [0.1, 0.15) is 0 Å². The molecule has 0 aliphatic rings. The number of aryl methyl sites for hydroxylation is 1. The van der Waals surface area contributed by atoms with Crippen LogP contribution in [0.1, 0.15) is 41.4 Å². The second-order valence-corrected chi connectivity index (χ2v) is 4.81. The van der Waals surface area contributed by atoms with E-state index in [0.717, 1.165) is 12.0 Å². The minimum atomic E-state index is -0.546. The maximum absolute atomic E-state index is 12.1. The molecular formula is C17H19NO2. The van der Waals surface area contributed by atoms with E-state index in [0.29, 0.717) is 11.3 Å². The molecule has 0 saturated heterocycles. The number of nitrogens with one attached hydrogen (secondary N) is 1. The molecule has 0 bridgehead atoms. The summed E-state index contributed by atoms with van der Waals surface area (Å²) in [6, 6.07) is 14.8. The summed E-state index contributed by atoms with van der Waals surface area (Å²) in [4.78, 5) is 12.1. The number of aliphatic hydroxyl groups is 1. The maximum Gasteiger partial charge on any atom is 0.255 e. The number of rotatable bonds is 4. The van der Waals surface area contributed by atoms with Crippen LogP contribution in [0.4, 0.5) is 5.69 Å². The predicted octanol–water partition coefficient (Wildman–Crippen LogP) is 3.55. The Morgan fingerprint density at radius 1 is 1.20 bits per heavy atom. The topological polar surface area (TPSA) is 49.3 Å². The van der Waals surface area contributed by atoms with Gasteiger partial charge in [-0.2, -0.15) is 0 Å². The Labute approximate surface area is 119 Å². The molecular weight excluding hydrogens is 250 g/mol. The number of hydrogen-bond acceptors (Lipinski definition) is 2. The van der Waals surface area contributed by atoms with Crippen molar-refractivity contribution in [3.63, 3.8) is 0 Å². The van der Waals surface area contributed by atoms with Crippen LogP contribution < -0.4 is 5.32 Å². The monoisotopic (exact) mass is 269 g/mol. The van der Waals surface area contributed by atoms with E-state index in [2.05, 4.69) is 12.2 Å². The van der Waals surface area contributed by atoms with E-state index in [1.165, 1.54) is 5.56 Å². The Kier molecular flexibility index (Phi) is 4.53. The third kappa shape index (κ3) is 3.45. The summed E-state index contributed by atoms with van der Waals surface area (Å²) in [6.45, 7) is 3.78. The van der Waals surface area contributed by atoms with Gasteiger partial charge in [0.2, 0.25) is 0 Å². The molecule has 1 amide bonds. The summed E-state index contributed by atoms with van der Waals surface area (Å²) in [5.41, 5.74) is 3.31. The lowest BCUT2D eigenvalue weighted by Gasteiger charge is -2.09. The van der Waals surface area contributed by atoms with Gasteiger partial charge in [-0.1, -0.05) is 31.2 Å². The van der Waals surface area contributed by atoms with Crippen LogP contribution in [-0.4, -0.2) is 11.0 Å². The van der Waals surface area contributed by atoms with Gasteiger partial charge in [0.15, 0.2) is 0 Å². The Hall–Kier alpha value is -2.13. The Morgan fingerprint density at radius 3 is 2.50 bits per heavy atom. The van der Waals surface area contributed by atoms with Crippen molar-refractivity contribution in [2.75, 3.05) is 5.32 Å². The van der Waals surface area contributed by atoms with Gasteiger partial charge >= 0.3 is 0 Å². The zero-order chi connectivity index (χ0) is 14.5. The number of hydrogen-bond donors (Lipinski definition) is 2. The molecule has 0 aliphatic carbocycles. The molecule has 0 fully saturated rings. The van der Waals surface area contributed by atoms with Crippen LogP contribution in [0.2, 0.25) is 0 Å². The smallest absolute Gasteiger partial charge is 0.255 e. The number of benzene rings is 2. The number of carbonyl (C=O) groups excluding carboxylic acids is 1. The number of amides is 1. The van der Waals surface area contributed by atoms with Crippen LogP contribution in [0, 0.1) is 0 Å². The van der Waals surface area contributed by atoms with Crippen molar-refractivity contribution in [3.05, 3.63) is 65.2 Å². The lowest BCUT2D eigenvalue weighted by atomic mass is 10.1. The van der Waals surface area contributed by atoms with E-state index < -0.39 is 6.10 Å². The Balaban J connectivity index is 2.12. The van der Waals surface area contributed by atoms with E-state index in [1.54, 1.807) is 13.0 Å². The summed E-state index contributed by atoms with van der Waals surface area (Å²) < 4.78 is 0. The third-order valence-corrected chi connectivity index (χ3v) is 3.25. The first kappa shape index (κ1) is 14.3. The first-order valence-corrected chi connectivity index (χ1v) is 6.78. The maximum atomic E-state index is 12.1. The van der Waals surface area contributed by atoms with Crippen molar-refractivity contribution >= 4 is 11.6 Å². The second-order valence-electron chi connectivity index (χ2n) is 4.81. The van der Waals surface area contributed by atoms with Gasteiger partial charge in [-0.3, -0.25) is 4.79 Å². The molecule has 0 aromatic heterocycles. The van der Waals surface area contributed by atoms with E-state index in [4.69, 9.17) is 0 Å². The third-order valence-electron chi connectivity index (χ3n) is 3.25. The average Bonchev–Trinajstić information content (AvgIpc) is 2.47. The minimum absolute atomic E-state index is 0.143. The molecule has 2 aromatic carbocycles. The Morgan fingerprint density at radius 2 is 1.90 bits per heavy atom. The molecule has 0 saturated carbocycles. The highest BCUT2D eigenvalue weighted by Crippen LogP contribution is 2.17. The first-order valence-electron chi connectivity index (χ1n) is 6.78. The largest absolute Gasteiger partial charge is 0.389 e. The first-order chi connectivity index (χ1) is 9.60. The molecule has 0 radical (unpaired) electrons. The standard InChI is InChI=1S/C17H19NO2/c1-3-13-7-9-14(10-8-13)17(20)18-16-6-4-5-15(11-16)12(2)19/h4-12,19H,3H2,1-2H3,(H,18,20). The molecule has 2 N–H and O–H groups in total. The number of aliphatic hydroxyl groups excluding tert-OH is 1. The van der Waals surface area contributed by atoms with Crippen LogP contribution >= 0.6 is 0 Å². The fourth-order valence-electron chi connectivity index (χ4n) is 1.97. The van der Waals surface area contributed by atoms with E-state index in [1.807, 2.05) is 42.5 Å². The minimum Gasteiger partial charge on any atom is -0.389 e. The lowest BCUT2D eigenvalue weighted by Crippen LogP contribution is -2.12. The predicted molar refractivity (Wildman–Crippen MR) is 80.8 cm³/mol. The molecule has 1 atom stereocenters. The molecule has 1 unspecified atom stereocenters. The summed E-state index contributed by atoms with van der Waals surface area (Å²) in [5.74, 6) is -0.143. The SMILES string of the molecule is CCc1ccc(C(=O)Nc2cccc(C(C)O)c2)cc1. The van der Waals surface area contributed by atoms with Crippen LogP contribution in [-0.2, 0) is 6.42 Å². The van der Waals surface area contributed by atoms with Crippen molar-refractivity contribution in [1.29, 1.82) is 0 Å². The van der Waals surface area contributed by atoms with Gasteiger partial charge in [0, 0.05) is 11.3 Å². The van der Waals surface area contributed by atoms with Gasteiger partial charge in [0.05, 0.1) is 6.10 Å². The highest BCUT2D eigenvalue weighted by atomic mass is 16.3. The molecule has 2 rings (SSSR count). The summed E-state index contributed by atoms with van der Waals surface area (Å²) in [7, 11) is 0. The average molecular weight is 269 g/mol. The zero-order valence-electron chi connectivity index (χ0n) is 11.8. The van der Waals surface area contributed by atoms with E-state index >= 15 is 0 Å². The molecule has 104 valence electrons. The molecule has 0 spiro atoms. The molecule has 0 heterocycles. The molecule has 3 heteroatoms. The van der Waals surface area contributed by atoms with Crippen molar-refractivity contribution in [2.45, 2.75) is 26.4 Å². The molecule has 3 nitrogen and oxygen atoms in total. The normalized spacial score (nSPS) is 11.9. The van der Waals surface area contributed by atoms with E-state index in [9.17, 15) is 9.90 Å². The second kappa shape index (κ2) is 6.35. The number of anilines is 1. The van der Waals surface area contributed by atoms with Crippen LogP contribution in [0.15, 0.2) is 48.5 Å². The van der Waals surface area contributed by atoms with E-state index in [-0.39, 0.29) is 5.91 Å². The van der Waals surface area contributed by atoms with Crippen LogP contribution in [0.3, 0.4) is 0 Å². The van der Waals surface area contributed by atoms with Gasteiger partial charge in [-0.15, -0.1) is 0 Å².